The normalized spacial score (nSPS) is 16.6. The minimum absolute atomic E-state index is 0.0608. The summed E-state index contributed by atoms with van der Waals surface area (Å²) in [7, 11) is 0. The van der Waals surface area contributed by atoms with Crippen molar-refractivity contribution in [3.63, 3.8) is 0 Å². The van der Waals surface area contributed by atoms with Gasteiger partial charge in [-0.3, -0.25) is 4.79 Å². The molecule has 4 rings (SSSR count). The Labute approximate surface area is 154 Å². The lowest BCUT2D eigenvalue weighted by Crippen LogP contribution is -2.26. The van der Waals surface area contributed by atoms with Crippen LogP contribution in [0, 0.1) is 5.92 Å². The summed E-state index contributed by atoms with van der Waals surface area (Å²) in [5.74, 6) is 3.57. The Bertz CT molecular complexity index is 750. The number of benzene rings is 1. The second kappa shape index (κ2) is 7.89. The first-order chi connectivity index (χ1) is 12.8. The first-order valence-corrected chi connectivity index (χ1v) is 9.71. The molecule has 0 unspecified atom stereocenters. The predicted molar refractivity (Wildman–Crippen MR) is 98.3 cm³/mol. The number of ether oxygens (including phenoxy) is 1. The average Bonchev–Trinajstić information content (AvgIpc) is 3.46. The zero-order chi connectivity index (χ0) is 17.8. The van der Waals surface area contributed by atoms with Crippen molar-refractivity contribution < 1.29 is 9.53 Å². The highest BCUT2D eigenvalue weighted by Gasteiger charge is 2.21. The van der Waals surface area contributed by atoms with Crippen LogP contribution >= 0.6 is 0 Å². The van der Waals surface area contributed by atoms with Crippen LogP contribution in [0.5, 0.6) is 5.75 Å². The molecular formula is C20H26N4O2. The number of hydrogen-bond acceptors (Lipinski definition) is 4. The summed E-state index contributed by atoms with van der Waals surface area (Å²) in [4.78, 5) is 12.3. The third kappa shape index (κ3) is 4.23. The number of aryl methyl sites for hydroxylation is 1. The smallest absolute Gasteiger partial charge is 0.251 e. The van der Waals surface area contributed by atoms with Crippen LogP contribution in [0.3, 0.4) is 0 Å². The maximum Gasteiger partial charge on any atom is 0.251 e. The van der Waals surface area contributed by atoms with Crippen LogP contribution in [0.2, 0.25) is 0 Å². The Morgan fingerprint density at radius 1 is 1.15 bits per heavy atom. The third-order valence-corrected chi connectivity index (χ3v) is 5.12. The van der Waals surface area contributed by atoms with Crippen LogP contribution in [-0.4, -0.2) is 33.8 Å². The first-order valence-electron chi connectivity index (χ1n) is 9.71. The van der Waals surface area contributed by atoms with Crippen LogP contribution in [0.4, 0.5) is 0 Å². The summed E-state index contributed by atoms with van der Waals surface area (Å²) >= 11 is 0. The molecule has 26 heavy (non-hydrogen) atoms. The molecule has 1 N–H and O–H groups in total. The van der Waals surface area contributed by atoms with Gasteiger partial charge in [0.05, 0.1) is 6.61 Å². The maximum atomic E-state index is 12.3. The van der Waals surface area contributed by atoms with E-state index in [1.54, 1.807) is 0 Å². The van der Waals surface area contributed by atoms with E-state index in [1.165, 1.54) is 32.1 Å². The Hall–Kier alpha value is -2.37. The molecule has 1 saturated carbocycles. The van der Waals surface area contributed by atoms with Gasteiger partial charge in [-0.1, -0.05) is 6.42 Å². The van der Waals surface area contributed by atoms with E-state index in [0.29, 0.717) is 18.5 Å². The molecule has 0 spiro atoms. The number of nitrogens with zero attached hydrogens (tertiary/aromatic N) is 3. The van der Waals surface area contributed by atoms with Gasteiger partial charge in [0, 0.05) is 31.5 Å². The number of nitrogens with one attached hydrogen (secondary N) is 1. The van der Waals surface area contributed by atoms with Crippen LogP contribution in [0.25, 0.3) is 0 Å². The Kier molecular flexibility index (Phi) is 5.18. The lowest BCUT2D eigenvalue weighted by Gasteiger charge is -2.09. The highest BCUT2D eigenvalue weighted by Crippen LogP contribution is 2.29. The summed E-state index contributed by atoms with van der Waals surface area (Å²) in [6.07, 6.45) is 7.88. The number of rotatable bonds is 7. The van der Waals surface area contributed by atoms with Crippen molar-refractivity contribution in [3.05, 3.63) is 41.5 Å². The minimum Gasteiger partial charge on any atom is -0.493 e. The number of hydrogen-bond donors (Lipinski definition) is 1. The van der Waals surface area contributed by atoms with Crippen molar-refractivity contribution in [1.29, 1.82) is 0 Å². The fourth-order valence-corrected chi connectivity index (χ4v) is 3.32. The summed E-state index contributed by atoms with van der Waals surface area (Å²) < 4.78 is 7.94. The van der Waals surface area contributed by atoms with Gasteiger partial charge in [0.15, 0.2) is 0 Å². The summed E-state index contributed by atoms with van der Waals surface area (Å²) in [6, 6.07) is 7.38. The van der Waals surface area contributed by atoms with Gasteiger partial charge in [0.2, 0.25) is 0 Å². The van der Waals surface area contributed by atoms with Gasteiger partial charge in [0.1, 0.15) is 17.4 Å². The monoisotopic (exact) mass is 354 g/mol. The Morgan fingerprint density at radius 3 is 2.81 bits per heavy atom. The fraction of sp³-hybridized carbons (Fsp3) is 0.550. The molecule has 1 amide bonds. The minimum atomic E-state index is -0.0608. The highest BCUT2D eigenvalue weighted by atomic mass is 16.5. The van der Waals surface area contributed by atoms with E-state index in [0.717, 1.165) is 42.9 Å². The maximum absolute atomic E-state index is 12.3. The van der Waals surface area contributed by atoms with Crippen molar-refractivity contribution in [2.45, 2.75) is 51.5 Å². The average molecular weight is 354 g/mol. The molecule has 2 aromatic rings. The summed E-state index contributed by atoms with van der Waals surface area (Å²) in [6.45, 7) is 2.35. The quantitative estimate of drug-likeness (QED) is 0.830. The van der Waals surface area contributed by atoms with E-state index in [1.807, 2.05) is 24.3 Å². The van der Waals surface area contributed by atoms with Crippen LogP contribution < -0.4 is 10.1 Å². The number of fused-ring (bicyclic) bond motifs is 1. The number of carbonyl (C=O) groups is 1. The van der Waals surface area contributed by atoms with Crippen LogP contribution in [0.15, 0.2) is 24.3 Å². The molecule has 1 aromatic carbocycles. The first kappa shape index (κ1) is 17.1. The van der Waals surface area contributed by atoms with Gasteiger partial charge in [-0.25, -0.2) is 0 Å². The van der Waals surface area contributed by atoms with Crippen LogP contribution in [-0.2, 0) is 19.4 Å². The van der Waals surface area contributed by atoms with Crippen molar-refractivity contribution >= 4 is 5.91 Å². The van der Waals surface area contributed by atoms with E-state index in [-0.39, 0.29) is 5.91 Å². The van der Waals surface area contributed by atoms with Gasteiger partial charge in [0.25, 0.3) is 5.91 Å². The molecule has 1 fully saturated rings. The molecule has 2 aliphatic rings. The largest absolute Gasteiger partial charge is 0.493 e. The van der Waals surface area contributed by atoms with Gasteiger partial charge < -0.3 is 14.6 Å². The number of amides is 1. The molecular weight excluding hydrogens is 328 g/mol. The molecule has 6 nitrogen and oxygen atoms in total. The van der Waals surface area contributed by atoms with Crippen molar-refractivity contribution in [2.24, 2.45) is 5.92 Å². The van der Waals surface area contributed by atoms with Gasteiger partial charge in [-0.05, 0) is 55.9 Å². The second-order valence-corrected chi connectivity index (χ2v) is 7.28. The van der Waals surface area contributed by atoms with Crippen LogP contribution in [0.1, 0.15) is 54.1 Å². The van der Waals surface area contributed by atoms with E-state index < -0.39 is 0 Å². The number of carbonyl (C=O) groups excluding carboxylic acids is 1. The Balaban J connectivity index is 1.26. The molecule has 138 valence electrons. The number of aromatic nitrogens is 3. The standard InChI is InChI=1S/C20H26N4O2/c25-20(16-7-9-17(10-8-16)26-14-15-5-6-15)21-12-11-19-23-22-18-4-2-1-3-13-24(18)19/h7-10,15H,1-6,11-14H2,(H,21,25). The van der Waals surface area contributed by atoms with E-state index in [9.17, 15) is 4.79 Å². The zero-order valence-electron chi connectivity index (χ0n) is 15.1. The second-order valence-electron chi connectivity index (χ2n) is 7.28. The fourth-order valence-electron chi connectivity index (χ4n) is 3.32. The summed E-state index contributed by atoms with van der Waals surface area (Å²) in [5.41, 5.74) is 0.656. The lowest BCUT2D eigenvalue weighted by atomic mass is 10.2. The van der Waals surface area contributed by atoms with E-state index in [4.69, 9.17) is 4.74 Å². The van der Waals surface area contributed by atoms with Crippen molar-refractivity contribution in [1.82, 2.24) is 20.1 Å². The molecule has 0 atom stereocenters. The molecule has 0 saturated heterocycles. The Morgan fingerprint density at radius 2 is 2.00 bits per heavy atom. The predicted octanol–water partition coefficient (Wildman–Crippen LogP) is 2.77. The summed E-state index contributed by atoms with van der Waals surface area (Å²) in [5, 5.41) is 11.6. The van der Waals surface area contributed by atoms with Gasteiger partial charge in [-0.15, -0.1) is 10.2 Å². The molecule has 1 aliphatic carbocycles. The van der Waals surface area contributed by atoms with Gasteiger partial charge in [-0.2, -0.15) is 0 Å². The molecule has 0 radical (unpaired) electrons. The molecule has 6 heteroatoms. The highest BCUT2D eigenvalue weighted by molar-refractivity contribution is 5.94. The molecule has 1 aromatic heterocycles. The molecule has 1 aliphatic heterocycles. The topological polar surface area (TPSA) is 69.0 Å². The van der Waals surface area contributed by atoms with Crippen molar-refractivity contribution in [2.75, 3.05) is 13.2 Å². The third-order valence-electron chi connectivity index (χ3n) is 5.12. The van der Waals surface area contributed by atoms with Crippen molar-refractivity contribution in [3.8, 4) is 5.75 Å². The van der Waals surface area contributed by atoms with E-state index >= 15 is 0 Å². The van der Waals surface area contributed by atoms with Gasteiger partial charge >= 0.3 is 0 Å². The lowest BCUT2D eigenvalue weighted by molar-refractivity contribution is 0.0954. The molecule has 2 heterocycles. The molecule has 0 bridgehead atoms. The zero-order valence-corrected chi connectivity index (χ0v) is 15.1. The SMILES string of the molecule is O=C(NCCc1nnc2n1CCCCC2)c1ccc(OCC2CC2)cc1. The van der Waals surface area contributed by atoms with E-state index in [2.05, 4.69) is 20.1 Å².